The van der Waals surface area contributed by atoms with Crippen molar-refractivity contribution >= 4 is 29.1 Å². The molecule has 0 bridgehead atoms. The van der Waals surface area contributed by atoms with Gasteiger partial charge in [0.15, 0.2) is 5.78 Å². The highest BCUT2D eigenvalue weighted by Gasteiger charge is 2.22. The van der Waals surface area contributed by atoms with Crippen LogP contribution in [-0.4, -0.2) is 17.2 Å². The standard InChI is InChI=1S/C16H14N2OS.C2H5NO/c17-16-18(10-11-20-16)14-9-5-4-8-13(14)15(19)12-6-2-1-3-7-12;1-2(3)4/h1-11,16H,17H2;1H3,(H2,3,4). The molecule has 0 aromatic heterocycles. The maximum Gasteiger partial charge on any atom is 0.214 e. The predicted molar refractivity (Wildman–Crippen MR) is 98.4 cm³/mol. The van der Waals surface area contributed by atoms with Crippen molar-refractivity contribution in [3.05, 3.63) is 77.3 Å². The minimum atomic E-state index is -0.333. The Bertz CT molecular complexity index is 743. The summed E-state index contributed by atoms with van der Waals surface area (Å²) in [4.78, 5) is 23.8. The van der Waals surface area contributed by atoms with Crippen LogP contribution in [0.2, 0.25) is 0 Å². The van der Waals surface area contributed by atoms with E-state index in [0.29, 0.717) is 11.1 Å². The Kier molecular flexibility index (Phi) is 6.17. The Morgan fingerprint density at radius 1 is 1.04 bits per heavy atom. The van der Waals surface area contributed by atoms with E-state index >= 15 is 0 Å². The summed E-state index contributed by atoms with van der Waals surface area (Å²) in [5.41, 5.74) is 12.5. The van der Waals surface area contributed by atoms with E-state index in [1.807, 2.05) is 71.1 Å². The first-order valence-corrected chi connectivity index (χ1v) is 8.26. The van der Waals surface area contributed by atoms with Crippen LogP contribution >= 0.6 is 11.8 Å². The molecule has 5 nitrogen and oxygen atoms in total. The minimum absolute atomic E-state index is 0.0127. The summed E-state index contributed by atoms with van der Waals surface area (Å²) in [6.07, 6.45) is 1.91. The number of ketones is 1. The Morgan fingerprint density at radius 3 is 2.21 bits per heavy atom. The first kappa shape index (κ1) is 17.8. The number of rotatable bonds is 3. The summed E-state index contributed by atoms with van der Waals surface area (Å²) >= 11 is 1.53. The van der Waals surface area contributed by atoms with E-state index in [9.17, 15) is 9.59 Å². The van der Waals surface area contributed by atoms with Gasteiger partial charge < -0.3 is 16.4 Å². The van der Waals surface area contributed by atoms with E-state index < -0.39 is 0 Å². The molecule has 4 N–H and O–H groups in total. The average Bonchev–Trinajstić information content (AvgIpc) is 3.00. The Labute approximate surface area is 145 Å². The van der Waals surface area contributed by atoms with E-state index in [-0.39, 0.29) is 17.2 Å². The Balaban J connectivity index is 0.000000471. The molecule has 0 aliphatic carbocycles. The number of hydrogen-bond donors (Lipinski definition) is 2. The van der Waals surface area contributed by atoms with Gasteiger partial charge in [-0.05, 0) is 17.5 Å². The van der Waals surface area contributed by atoms with Crippen LogP contribution in [0.15, 0.2) is 66.2 Å². The van der Waals surface area contributed by atoms with Gasteiger partial charge in [0.05, 0.1) is 5.69 Å². The lowest BCUT2D eigenvalue weighted by atomic mass is 10.0. The van der Waals surface area contributed by atoms with Gasteiger partial charge in [0, 0.05) is 24.3 Å². The van der Waals surface area contributed by atoms with E-state index in [0.717, 1.165) is 5.69 Å². The van der Waals surface area contributed by atoms with Gasteiger partial charge in [-0.3, -0.25) is 9.59 Å². The summed E-state index contributed by atoms with van der Waals surface area (Å²) in [6.45, 7) is 1.31. The lowest BCUT2D eigenvalue weighted by molar-refractivity contribution is -0.115. The molecule has 3 rings (SSSR count). The van der Waals surface area contributed by atoms with Crippen molar-refractivity contribution in [2.45, 2.75) is 12.4 Å². The monoisotopic (exact) mass is 341 g/mol. The smallest absolute Gasteiger partial charge is 0.214 e. The Morgan fingerprint density at radius 2 is 1.62 bits per heavy atom. The quantitative estimate of drug-likeness (QED) is 0.838. The number of para-hydroxylation sites is 1. The fourth-order valence-electron chi connectivity index (χ4n) is 2.18. The summed E-state index contributed by atoms with van der Waals surface area (Å²) in [5.74, 6) is -0.321. The molecule has 24 heavy (non-hydrogen) atoms. The minimum Gasteiger partial charge on any atom is -0.370 e. The van der Waals surface area contributed by atoms with Crippen molar-refractivity contribution in [3.8, 4) is 0 Å². The summed E-state index contributed by atoms with van der Waals surface area (Å²) in [6, 6.07) is 16.8. The summed E-state index contributed by atoms with van der Waals surface area (Å²) < 4.78 is 0. The van der Waals surface area contributed by atoms with Gasteiger partial charge in [-0.15, -0.1) is 0 Å². The van der Waals surface area contributed by atoms with Crippen LogP contribution in [-0.2, 0) is 4.79 Å². The van der Waals surface area contributed by atoms with E-state index in [1.165, 1.54) is 18.7 Å². The largest absolute Gasteiger partial charge is 0.370 e. The number of carbonyl (C=O) groups is 2. The second-order valence-corrected chi connectivity index (χ2v) is 6.07. The van der Waals surface area contributed by atoms with Crippen molar-refractivity contribution in [1.82, 2.24) is 0 Å². The molecule has 0 spiro atoms. The van der Waals surface area contributed by atoms with Crippen molar-refractivity contribution in [2.75, 3.05) is 4.90 Å². The fourth-order valence-corrected chi connectivity index (χ4v) is 2.86. The third-order valence-corrected chi connectivity index (χ3v) is 3.96. The van der Waals surface area contributed by atoms with Crippen molar-refractivity contribution < 1.29 is 9.59 Å². The van der Waals surface area contributed by atoms with E-state index in [4.69, 9.17) is 5.73 Å². The first-order chi connectivity index (χ1) is 11.5. The summed E-state index contributed by atoms with van der Waals surface area (Å²) in [7, 11) is 0. The van der Waals surface area contributed by atoms with Gasteiger partial charge in [0.1, 0.15) is 5.50 Å². The van der Waals surface area contributed by atoms with Gasteiger partial charge >= 0.3 is 0 Å². The number of nitrogens with zero attached hydrogens (tertiary/aromatic N) is 1. The molecule has 0 radical (unpaired) electrons. The molecular formula is C18H19N3O2S. The molecule has 0 fully saturated rings. The number of primary amides is 1. The van der Waals surface area contributed by atoms with Crippen LogP contribution in [0, 0.1) is 0 Å². The number of anilines is 1. The zero-order valence-electron chi connectivity index (χ0n) is 13.3. The maximum absolute atomic E-state index is 12.6. The lowest BCUT2D eigenvalue weighted by Crippen LogP contribution is -2.33. The highest BCUT2D eigenvalue weighted by atomic mass is 32.2. The van der Waals surface area contributed by atoms with Gasteiger partial charge in [-0.25, -0.2) is 0 Å². The fraction of sp³-hybridized carbons (Fsp3) is 0.111. The molecule has 1 amide bonds. The molecular weight excluding hydrogens is 322 g/mol. The molecule has 1 aliphatic heterocycles. The van der Waals surface area contributed by atoms with Crippen LogP contribution in [0.3, 0.4) is 0 Å². The van der Waals surface area contributed by atoms with Crippen LogP contribution in [0.25, 0.3) is 0 Å². The van der Waals surface area contributed by atoms with Crippen LogP contribution < -0.4 is 16.4 Å². The number of benzene rings is 2. The number of thioether (sulfide) groups is 1. The van der Waals surface area contributed by atoms with Crippen LogP contribution in [0.4, 0.5) is 5.69 Å². The van der Waals surface area contributed by atoms with Crippen molar-refractivity contribution in [2.24, 2.45) is 11.5 Å². The molecule has 1 heterocycles. The third-order valence-electron chi connectivity index (χ3n) is 3.18. The Hall–Kier alpha value is -2.57. The van der Waals surface area contributed by atoms with Crippen molar-refractivity contribution in [1.29, 1.82) is 0 Å². The second-order valence-electron chi connectivity index (χ2n) is 5.04. The molecule has 6 heteroatoms. The molecule has 1 aliphatic rings. The molecule has 2 aromatic carbocycles. The zero-order valence-corrected chi connectivity index (χ0v) is 14.1. The number of carbonyl (C=O) groups excluding carboxylic acids is 2. The topological polar surface area (TPSA) is 89.4 Å². The SMILES string of the molecule is CC(N)=O.NC1SC=CN1c1ccccc1C(=O)c1ccccc1. The van der Waals surface area contributed by atoms with Crippen LogP contribution in [0.1, 0.15) is 22.8 Å². The van der Waals surface area contributed by atoms with E-state index in [1.54, 1.807) is 0 Å². The highest BCUT2D eigenvalue weighted by Crippen LogP contribution is 2.31. The molecule has 0 saturated carbocycles. The summed E-state index contributed by atoms with van der Waals surface area (Å²) in [5, 5.41) is 1.94. The van der Waals surface area contributed by atoms with Gasteiger partial charge in [-0.1, -0.05) is 54.2 Å². The molecule has 0 saturated heterocycles. The lowest BCUT2D eigenvalue weighted by Gasteiger charge is -2.23. The molecule has 124 valence electrons. The predicted octanol–water partition coefficient (Wildman–Crippen LogP) is 2.68. The first-order valence-electron chi connectivity index (χ1n) is 7.31. The number of nitrogens with two attached hydrogens (primary N) is 2. The van der Waals surface area contributed by atoms with Gasteiger partial charge in [0.25, 0.3) is 0 Å². The molecule has 1 unspecified atom stereocenters. The highest BCUT2D eigenvalue weighted by molar-refractivity contribution is 8.03. The number of amides is 1. The maximum atomic E-state index is 12.6. The molecule has 2 aromatic rings. The normalized spacial score (nSPS) is 15.6. The van der Waals surface area contributed by atoms with Gasteiger partial charge in [0.2, 0.25) is 5.91 Å². The van der Waals surface area contributed by atoms with E-state index in [2.05, 4.69) is 5.73 Å². The third kappa shape index (κ3) is 4.47. The number of hydrogen-bond acceptors (Lipinski definition) is 5. The second kappa shape index (κ2) is 8.33. The average molecular weight is 341 g/mol. The zero-order chi connectivity index (χ0) is 17.5. The van der Waals surface area contributed by atoms with Gasteiger partial charge in [-0.2, -0.15) is 0 Å². The molecule has 1 atom stereocenters. The van der Waals surface area contributed by atoms with Crippen LogP contribution in [0.5, 0.6) is 0 Å². The van der Waals surface area contributed by atoms with Crippen molar-refractivity contribution in [3.63, 3.8) is 0 Å².